The fraction of sp³-hybridized carbons (Fsp3) is 0.292. The highest BCUT2D eigenvalue weighted by Crippen LogP contribution is 2.22. The monoisotopic (exact) mass is 387 g/mol. The number of anilines is 1. The van der Waals surface area contributed by atoms with Gasteiger partial charge in [0.05, 0.1) is 0 Å². The topological polar surface area (TPSA) is 62.3 Å². The zero-order valence-corrected chi connectivity index (χ0v) is 16.4. The van der Waals surface area contributed by atoms with Gasteiger partial charge in [0, 0.05) is 31.8 Å². The fourth-order valence-corrected chi connectivity index (χ4v) is 3.73. The average molecular weight is 387 g/mol. The van der Waals surface area contributed by atoms with E-state index in [1.165, 1.54) is 11.1 Å². The van der Waals surface area contributed by atoms with E-state index < -0.39 is 0 Å². The van der Waals surface area contributed by atoms with Crippen LogP contribution in [0.5, 0.6) is 0 Å². The van der Waals surface area contributed by atoms with Crippen molar-refractivity contribution in [3.05, 3.63) is 77.0 Å². The Balaban J connectivity index is 1.30. The van der Waals surface area contributed by atoms with Crippen LogP contribution >= 0.6 is 0 Å². The highest BCUT2D eigenvalue weighted by Gasteiger charge is 2.17. The van der Waals surface area contributed by atoms with Gasteiger partial charge in [-0.1, -0.05) is 42.0 Å². The molecule has 148 valence electrons. The van der Waals surface area contributed by atoms with Gasteiger partial charge in [-0.3, -0.25) is 9.59 Å². The molecule has 0 saturated carbocycles. The van der Waals surface area contributed by atoms with Crippen molar-refractivity contribution >= 4 is 23.7 Å². The molecule has 3 heterocycles. The molecule has 4 rings (SSSR count). The van der Waals surface area contributed by atoms with Gasteiger partial charge in [-0.05, 0) is 54.5 Å². The Morgan fingerprint density at radius 1 is 1.14 bits per heavy atom. The summed E-state index contributed by atoms with van der Waals surface area (Å²) in [6.07, 6.45) is 11.5. The Morgan fingerprint density at radius 2 is 2.00 bits per heavy atom. The van der Waals surface area contributed by atoms with Gasteiger partial charge in [0.15, 0.2) is 0 Å². The first kappa shape index (κ1) is 19.1. The molecule has 2 aromatic rings. The summed E-state index contributed by atoms with van der Waals surface area (Å²) in [6, 6.07) is 12.5. The Labute approximate surface area is 171 Å². The molecule has 0 radical (unpaired) electrons. The Morgan fingerprint density at radius 3 is 2.79 bits per heavy atom. The van der Waals surface area contributed by atoms with Crippen molar-refractivity contribution in [2.24, 2.45) is 0 Å². The molecule has 0 spiro atoms. The van der Waals surface area contributed by atoms with Crippen molar-refractivity contribution < 1.29 is 9.59 Å². The third-order valence-electron chi connectivity index (χ3n) is 5.48. The third-order valence-corrected chi connectivity index (χ3v) is 5.48. The quantitative estimate of drug-likeness (QED) is 0.627. The number of hydrogen-bond donors (Lipinski definition) is 1. The van der Waals surface area contributed by atoms with Crippen molar-refractivity contribution in [3.63, 3.8) is 0 Å². The van der Waals surface area contributed by atoms with Crippen LogP contribution in [-0.4, -0.2) is 34.8 Å². The number of benzene rings is 1. The Hall–Kier alpha value is -3.21. The molecule has 2 amide bonds. The Bertz CT molecular complexity index is 963. The zero-order valence-electron chi connectivity index (χ0n) is 16.4. The van der Waals surface area contributed by atoms with E-state index in [0.29, 0.717) is 25.2 Å². The van der Waals surface area contributed by atoms with Gasteiger partial charge in [-0.25, -0.2) is 4.98 Å². The predicted octanol–water partition coefficient (Wildman–Crippen LogP) is 3.77. The van der Waals surface area contributed by atoms with E-state index in [0.717, 1.165) is 36.9 Å². The summed E-state index contributed by atoms with van der Waals surface area (Å²) in [7, 11) is 0. The zero-order chi connectivity index (χ0) is 20.1. The smallest absolute Gasteiger partial charge is 0.246 e. The van der Waals surface area contributed by atoms with Gasteiger partial charge in [-0.15, -0.1) is 0 Å². The largest absolute Gasteiger partial charge is 0.335 e. The van der Waals surface area contributed by atoms with E-state index in [9.17, 15) is 9.59 Å². The lowest BCUT2D eigenvalue weighted by atomic mass is 9.99. The summed E-state index contributed by atoms with van der Waals surface area (Å²) in [5, 5.41) is 2.77. The maximum Gasteiger partial charge on any atom is 0.246 e. The molecule has 0 bridgehead atoms. The minimum Gasteiger partial charge on any atom is -0.335 e. The van der Waals surface area contributed by atoms with E-state index in [1.807, 2.05) is 17.0 Å². The number of rotatable bonds is 5. The third kappa shape index (κ3) is 4.99. The molecule has 2 aliphatic rings. The molecular formula is C24H25N3O2. The second kappa shape index (κ2) is 8.86. The summed E-state index contributed by atoms with van der Waals surface area (Å²) >= 11 is 0. The van der Waals surface area contributed by atoms with Gasteiger partial charge >= 0.3 is 0 Å². The lowest BCUT2D eigenvalue weighted by molar-refractivity contribution is -0.125. The predicted molar refractivity (Wildman–Crippen MR) is 114 cm³/mol. The molecule has 1 aromatic heterocycles. The molecule has 2 aliphatic heterocycles. The summed E-state index contributed by atoms with van der Waals surface area (Å²) in [5.74, 6) is 0.660. The molecule has 0 atom stereocenters. The molecule has 29 heavy (non-hydrogen) atoms. The van der Waals surface area contributed by atoms with Crippen molar-refractivity contribution in [1.29, 1.82) is 0 Å². The number of carbonyl (C=O) groups is 2. The number of aromatic nitrogens is 1. The lowest BCUT2D eigenvalue weighted by Gasteiger charge is -2.25. The van der Waals surface area contributed by atoms with Gasteiger partial charge in [0.2, 0.25) is 11.8 Å². The molecule has 0 fully saturated rings. The Kier molecular flexibility index (Phi) is 5.84. The van der Waals surface area contributed by atoms with Crippen molar-refractivity contribution in [2.45, 2.75) is 32.1 Å². The number of pyridine rings is 1. The first-order valence-corrected chi connectivity index (χ1v) is 10.1. The van der Waals surface area contributed by atoms with Crippen LogP contribution in [0.25, 0.3) is 6.08 Å². The number of hydrogen-bond acceptors (Lipinski definition) is 3. The normalized spacial score (nSPS) is 16.3. The molecule has 1 N–H and O–H groups in total. The highest BCUT2D eigenvalue weighted by atomic mass is 16.2. The van der Waals surface area contributed by atoms with Gasteiger partial charge in [0.1, 0.15) is 5.82 Å². The first-order valence-electron chi connectivity index (χ1n) is 10.1. The van der Waals surface area contributed by atoms with Gasteiger partial charge in [-0.2, -0.15) is 0 Å². The minimum atomic E-state index is 0.00441. The van der Waals surface area contributed by atoms with Crippen molar-refractivity contribution in [2.75, 3.05) is 18.4 Å². The summed E-state index contributed by atoms with van der Waals surface area (Å²) in [6.45, 7) is 1.43. The number of aryl methyl sites for hydroxylation is 2. The molecule has 0 saturated heterocycles. The van der Waals surface area contributed by atoms with E-state index >= 15 is 0 Å². The van der Waals surface area contributed by atoms with Gasteiger partial charge in [0.25, 0.3) is 0 Å². The van der Waals surface area contributed by atoms with Crippen LogP contribution in [0.3, 0.4) is 0 Å². The summed E-state index contributed by atoms with van der Waals surface area (Å²) in [5.41, 5.74) is 4.68. The van der Waals surface area contributed by atoms with Gasteiger partial charge < -0.3 is 10.2 Å². The minimum absolute atomic E-state index is 0.00441. The van der Waals surface area contributed by atoms with Crippen LogP contribution in [0, 0.1) is 0 Å². The molecule has 1 aromatic carbocycles. The molecular weight excluding hydrogens is 362 g/mol. The second-order valence-electron chi connectivity index (χ2n) is 7.54. The molecule has 0 aliphatic carbocycles. The van der Waals surface area contributed by atoms with Crippen LogP contribution in [0.4, 0.5) is 5.82 Å². The first-order chi connectivity index (χ1) is 14.2. The molecule has 0 unspecified atom stereocenters. The number of nitrogens with zero attached hydrogens (tertiary/aromatic N) is 2. The number of amides is 2. The van der Waals surface area contributed by atoms with E-state index in [1.54, 1.807) is 18.3 Å². The van der Waals surface area contributed by atoms with Crippen LogP contribution in [-0.2, 0) is 22.4 Å². The molecule has 5 heteroatoms. The van der Waals surface area contributed by atoms with Crippen LogP contribution in [0.1, 0.15) is 36.0 Å². The standard InChI is InChI=1S/C24H25N3O2/c28-22-10-9-21-16-20(17-25-24(21)26-22)8-11-23(29)27-14-12-19(13-15-27)7-6-18-4-2-1-3-5-18/h1-5,8,11-12,16-17H,6-7,9-10,13-15H2,(H,25,26,28)/b11-8+. The molecule has 5 nitrogen and oxygen atoms in total. The number of nitrogens with one attached hydrogen (secondary N) is 1. The fourth-order valence-electron chi connectivity index (χ4n) is 3.73. The number of fused-ring (bicyclic) bond motifs is 1. The maximum absolute atomic E-state index is 12.5. The van der Waals surface area contributed by atoms with Crippen molar-refractivity contribution in [1.82, 2.24) is 9.88 Å². The van der Waals surface area contributed by atoms with E-state index in [2.05, 4.69) is 40.6 Å². The van der Waals surface area contributed by atoms with Crippen LogP contribution < -0.4 is 5.32 Å². The maximum atomic E-state index is 12.5. The average Bonchev–Trinajstić information content (AvgIpc) is 2.77. The van der Waals surface area contributed by atoms with Crippen molar-refractivity contribution in [3.8, 4) is 0 Å². The summed E-state index contributed by atoms with van der Waals surface area (Å²) < 4.78 is 0. The summed E-state index contributed by atoms with van der Waals surface area (Å²) in [4.78, 5) is 30.1. The second-order valence-corrected chi connectivity index (χ2v) is 7.54. The van der Waals surface area contributed by atoms with Crippen LogP contribution in [0.15, 0.2) is 60.3 Å². The SMILES string of the molecule is O=C1CCc2cc(/C=C/C(=O)N3CC=C(CCc4ccccc4)CC3)cnc2N1. The van der Waals surface area contributed by atoms with E-state index in [-0.39, 0.29) is 11.8 Å². The lowest BCUT2D eigenvalue weighted by Crippen LogP contribution is -2.33. The highest BCUT2D eigenvalue weighted by molar-refractivity contribution is 5.94. The van der Waals surface area contributed by atoms with E-state index in [4.69, 9.17) is 0 Å². The number of carbonyl (C=O) groups excluding carboxylic acids is 2. The van der Waals surface area contributed by atoms with Crippen LogP contribution in [0.2, 0.25) is 0 Å².